The highest BCUT2D eigenvalue weighted by molar-refractivity contribution is 6.14. The molecule has 0 bridgehead atoms. The van der Waals surface area contributed by atoms with Crippen LogP contribution in [0, 0.1) is 13.8 Å². The van der Waals surface area contributed by atoms with Crippen LogP contribution in [0.4, 0.5) is 0 Å². The average molecular weight is 235 g/mol. The minimum atomic E-state index is 0.902. The first-order valence-electron chi connectivity index (χ1n) is 6.45. The molecule has 0 N–H and O–H groups in total. The van der Waals surface area contributed by atoms with Gasteiger partial charge in [0.15, 0.2) is 0 Å². The van der Waals surface area contributed by atoms with Crippen LogP contribution in [-0.2, 0) is 6.42 Å². The first-order valence-corrected chi connectivity index (χ1v) is 6.45. The van der Waals surface area contributed by atoms with Crippen LogP contribution in [0.15, 0.2) is 47.5 Å². The summed E-state index contributed by atoms with van der Waals surface area (Å²) in [6.45, 7) is 5.17. The van der Waals surface area contributed by atoms with Crippen molar-refractivity contribution in [2.45, 2.75) is 20.3 Å². The largest absolute Gasteiger partial charge is 0.284 e. The Balaban J connectivity index is 2.14. The summed E-state index contributed by atoms with van der Waals surface area (Å²) in [4.78, 5) is 4.74. The molecule has 0 saturated carbocycles. The molecule has 0 fully saturated rings. The van der Waals surface area contributed by atoms with Crippen LogP contribution in [-0.4, -0.2) is 12.3 Å². The molecule has 1 aliphatic rings. The van der Waals surface area contributed by atoms with Crippen molar-refractivity contribution < 1.29 is 0 Å². The Hall–Kier alpha value is -1.89. The summed E-state index contributed by atoms with van der Waals surface area (Å²) in [5.41, 5.74) is 7.72. The van der Waals surface area contributed by atoms with Crippen LogP contribution in [0.1, 0.15) is 27.8 Å². The third-order valence-electron chi connectivity index (χ3n) is 3.46. The number of rotatable bonds is 1. The van der Waals surface area contributed by atoms with Gasteiger partial charge in [0.1, 0.15) is 0 Å². The van der Waals surface area contributed by atoms with Crippen molar-refractivity contribution in [2.75, 3.05) is 6.54 Å². The second kappa shape index (κ2) is 4.41. The van der Waals surface area contributed by atoms with Gasteiger partial charge < -0.3 is 0 Å². The minimum absolute atomic E-state index is 0.902. The van der Waals surface area contributed by atoms with Crippen molar-refractivity contribution in [3.63, 3.8) is 0 Å². The number of aryl methyl sites for hydroxylation is 2. The van der Waals surface area contributed by atoms with E-state index in [0.717, 1.165) is 18.7 Å². The van der Waals surface area contributed by atoms with E-state index in [-0.39, 0.29) is 0 Å². The third-order valence-corrected chi connectivity index (χ3v) is 3.46. The molecule has 18 heavy (non-hydrogen) atoms. The zero-order valence-electron chi connectivity index (χ0n) is 10.9. The third kappa shape index (κ3) is 1.97. The molecule has 2 aromatic rings. The monoisotopic (exact) mass is 235 g/mol. The molecule has 0 radical (unpaired) electrons. The van der Waals surface area contributed by atoms with Crippen molar-refractivity contribution in [1.29, 1.82) is 0 Å². The highest BCUT2D eigenvalue weighted by Gasteiger charge is 2.15. The second-order valence-corrected chi connectivity index (χ2v) is 5.01. The maximum absolute atomic E-state index is 4.74. The molecule has 0 atom stereocenters. The van der Waals surface area contributed by atoms with Gasteiger partial charge in [-0.05, 0) is 38.0 Å². The lowest BCUT2D eigenvalue weighted by molar-refractivity contribution is 0.942. The molecule has 0 aromatic heterocycles. The van der Waals surface area contributed by atoms with Gasteiger partial charge in [-0.15, -0.1) is 0 Å². The molecular formula is C17H17N. The van der Waals surface area contributed by atoms with E-state index in [9.17, 15) is 0 Å². The SMILES string of the molecule is Cc1cccc(C2=NCCc3ccc(C)cc32)c1. The van der Waals surface area contributed by atoms with E-state index in [1.807, 2.05) is 0 Å². The fraction of sp³-hybridized carbons (Fsp3) is 0.235. The molecular weight excluding hydrogens is 218 g/mol. The molecule has 0 spiro atoms. The lowest BCUT2D eigenvalue weighted by Crippen LogP contribution is -2.14. The summed E-state index contributed by atoms with van der Waals surface area (Å²) in [7, 11) is 0. The van der Waals surface area contributed by atoms with Gasteiger partial charge in [0.2, 0.25) is 0 Å². The highest BCUT2D eigenvalue weighted by Crippen LogP contribution is 2.22. The van der Waals surface area contributed by atoms with E-state index in [2.05, 4.69) is 56.3 Å². The molecule has 90 valence electrons. The Kier molecular flexibility index (Phi) is 2.75. The summed E-state index contributed by atoms with van der Waals surface area (Å²) >= 11 is 0. The summed E-state index contributed by atoms with van der Waals surface area (Å²) < 4.78 is 0. The Morgan fingerprint density at radius 2 is 1.78 bits per heavy atom. The number of hydrogen-bond acceptors (Lipinski definition) is 1. The van der Waals surface area contributed by atoms with Gasteiger partial charge in [0.25, 0.3) is 0 Å². The summed E-state index contributed by atoms with van der Waals surface area (Å²) in [6, 6.07) is 15.3. The van der Waals surface area contributed by atoms with E-state index in [4.69, 9.17) is 4.99 Å². The first-order chi connectivity index (χ1) is 8.74. The van der Waals surface area contributed by atoms with Crippen LogP contribution < -0.4 is 0 Å². The summed E-state index contributed by atoms with van der Waals surface area (Å²) in [5.74, 6) is 0. The molecule has 0 unspecified atom stereocenters. The fourth-order valence-electron chi connectivity index (χ4n) is 2.54. The molecule has 0 amide bonds. The maximum atomic E-state index is 4.74. The molecule has 3 rings (SSSR count). The molecule has 0 saturated heterocycles. The molecule has 2 aromatic carbocycles. The predicted octanol–water partition coefficient (Wildman–Crippen LogP) is 3.70. The topological polar surface area (TPSA) is 12.4 Å². The Bertz CT molecular complexity index is 623. The van der Waals surface area contributed by atoms with E-state index >= 15 is 0 Å². The smallest absolute Gasteiger partial charge is 0.0722 e. The van der Waals surface area contributed by atoms with Gasteiger partial charge in [0.05, 0.1) is 5.71 Å². The first kappa shape index (κ1) is 11.2. The molecule has 1 heteroatoms. The van der Waals surface area contributed by atoms with Gasteiger partial charge in [-0.3, -0.25) is 4.99 Å². The maximum Gasteiger partial charge on any atom is 0.0722 e. The molecule has 1 aliphatic heterocycles. The normalized spacial score (nSPS) is 14.0. The Morgan fingerprint density at radius 1 is 0.944 bits per heavy atom. The van der Waals surface area contributed by atoms with Crippen LogP contribution in [0.5, 0.6) is 0 Å². The van der Waals surface area contributed by atoms with E-state index in [1.54, 1.807) is 0 Å². The Morgan fingerprint density at radius 3 is 2.61 bits per heavy atom. The molecule has 0 aliphatic carbocycles. The number of hydrogen-bond donors (Lipinski definition) is 0. The average Bonchev–Trinajstić information content (AvgIpc) is 2.38. The fourth-order valence-corrected chi connectivity index (χ4v) is 2.54. The summed E-state index contributed by atoms with van der Waals surface area (Å²) in [5, 5.41) is 0. The van der Waals surface area contributed by atoms with Gasteiger partial charge in [-0.25, -0.2) is 0 Å². The Labute approximate surface area is 108 Å². The van der Waals surface area contributed by atoms with Crippen molar-refractivity contribution in [3.8, 4) is 0 Å². The van der Waals surface area contributed by atoms with Gasteiger partial charge in [-0.2, -0.15) is 0 Å². The molecule has 1 nitrogen and oxygen atoms in total. The van der Waals surface area contributed by atoms with Gasteiger partial charge in [-0.1, -0.05) is 41.5 Å². The van der Waals surface area contributed by atoms with Crippen LogP contribution in [0.25, 0.3) is 0 Å². The van der Waals surface area contributed by atoms with E-state index in [0.29, 0.717) is 0 Å². The van der Waals surface area contributed by atoms with Crippen molar-refractivity contribution >= 4 is 5.71 Å². The summed E-state index contributed by atoms with van der Waals surface area (Å²) in [6.07, 6.45) is 1.06. The minimum Gasteiger partial charge on any atom is -0.284 e. The number of aliphatic imine (C=N–C) groups is 1. The second-order valence-electron chi connectivity index (χ2n) is 5.01. The van der Waals surface area contributed by atoms with Gasteiger partial charge >= 0.3 is 0 Å². The quantitative estimate of drug-likeness (QED) is 0.714. The van der Waals surface area contributed by atoms with Crippen molar-refractivity contribution in [2.24, 2.45) is 4.99 Å². The predicted molar refractivity (Wildman–Crippen MR) is 76.6 cm³/mol. The van der Waals surface area contributed by atoms with E-state index in [1.165, 1.54) is 27.8 Å². The van der Waals surface area contributed by atoms with Gasteiger partial charge in [0, 0.05) is 17.7 Å². The lowest BCUT2D eigenvalue weighted by atomic mass is 9.91. The van der Waals surface area contributed by atoms with Crippen LogP contribution in [0.2, 0.25) is 0 Å². The van der Waals surface area contributed by atoms with Crippen molar-refractivity contribution in [1.82, 2.24) is 0 Å². The lowest BCUT2D eigenvalue weighted by Gasteiger charge is -2.18. The zero-order chi connectivity index (χ0) is 12.5. The standard InChI is InChI=1S/C17H17N/c1-12-4-3-5-15(10-12)17-16-11-13(2)6-7-14(16)8-9-18-17/h3-7,10-11H,8-9H2,1-2H3. The van der Waals surface area contributed by atoms with E-state index < -0.39 is 0 Å². The number of benzene rings is 2. The number of fused-ring (bicyclic) bond motifs is 1. The van der Waals surface area contributed by atoms with Crippen LogP contribution >= 0.6 is 0 Å². The van der Waals surface area contributed by atoms with Crippen molar-refractivity contribution in [3.05, 3.63) is 70.3 Å². The zero-order valence-corrected chi connectivity index (χ0v) is 10.9. The highest BCUT2D eigenvalue weighted by atomic mass is 14.7. The number of nitrogens with zero attached hydrogens (tertiary/aromatic N) is 1. The molecule has 1 heterocycles. The van der Waals surface area contributed by atoms with Crippen LogP contribution in [0.3, 0.4) is 0 Å².